The second kappa shape index (κ2) is 6.14. The van der Waals surface area contributed by atoms with Crippen LogP contribution in [0.3, 0.4) is 0 Å². The van der Waals surface area contributed by atoms with Crippen molar-refractivity contribution in [3.05, 3.63) is 49.8 Å². The number of nitrogens with two attached hydrogens (primary N) is 1. The first-order valence-corrected chi connectivity index (χ1v) is 8.10. The van der Waals surface area contributed by atoms with Gasteiger partial charge >= 0.3 is 5.97 Å². The van der Waals surface area contributed by atoms with E-state index in [1.807, 2.05) is 6.92 Å². The van der Waals surface area contributed by atoms with Crippen molar-refractivity contribution in [2.45, 2.75) is 19.9 Å². The zero-order valence-electron chi connectivity index (χ0n) is 12.7. The summed E-state index contributed by atoms with van der Waals surface area (Å²) in [4.78, 5) is 30.5. The van der Waals surface area contributed by atoms with Gasteiger partial charge < -0.3 is 15.8 Å². The van der Waals surface area contributed by atoms with Crippen LogP contribution in [-0.2, 0) is 13.0 Å². The second-order valence-electron chi connectivity index (χ2n) is 5.16. The van der Waals surface area contributed by atoms with E-state index in [0.717, 1.165) is 12.3 Å². The minimum Gasteiger partial charge on any atom is -0.477 e. The van der Waals surface area contributed by atoms with Crippen LogP contribution in [0.25, 0.3) is 22.2 Å². The number of nitrogens with one attached hydrogen (secondary N) is 1. The molecule has 6 nitrogen and oxygen atoms in total. The molecule has 8 heteroatoms. The molecule has 0 bridgehead atoms. The summed E-state index contributed by atoms with van der Waals surface area (Å²) in [7, 11) is 0. The fraction of sp³-hybridized carbons (Fsp3) is 0.188. The van der Waals surface area contributed by atoms with Crippen LogP contribution < -0.4 is 11.2 Å². The Kier molecular flexibility index (Phi) is 4.16. The summed E-state index contributed by atoms with van der Waals surface area (Å²) < 4.78 is 14.7. The van der Waals surface area contributed by atoms with Crippen molar-refractivity contribution in [3.8, 4) is 11.3 Å². The largest absolute Gasteiger partial charge is 0.477 e. The van der Waals surface area contributed by atoms with Gasteiger partial charge in [-0.3, -0.25) is 4.79 Å². The lowest BCUT2D eigenvalue weighted by atomic mass is 9.97. The molecule has 0 amide bonds. The highest BCUT2D eigenvalue weighted by molar-refractivity contribution is 7.09. The first kappa shape index (κ1) is 16.3. The highest BCUT2D eigenvalue weighted by atomic mass is 32.1. The first-order valence-electron chi connectivity index (χ1n) is 7.22. The Labute approximate surface area is 139 Å². The van der Waals surface area contributed by atoms with Crippen molar-refractivity contribution < 1.29 is 14.3 Å². The molecule has 3 rings (SSSR count). The molecule has 0 unspecified atom stereocenters. The third-order valence-corrected chi connectivity index (χ3v) is 4.67. The smallest absolute Gasteiger partial charge is 0.341 e. The number of pyridine rings is 1. The third-order valence-electron chi connectivity index (χ3n) is 3.80. The van der Waals surface area contributed by atoms with Crippen LogP contribution in [0.4, 0.5) is 4.39 Å². The molecule has 24 heavy (non-hydrogen) atoms. The number of fused-ring (bicyclic) bond motifs is 1. The molecular weight excluding hydrogens is 333 g/mol. The van der Waals surface area contributed by atoms with E-state index in [2.05, 4.69) is 9.97 Å². The molecule has 0 aliphatic carbocycles. The lowest BCUT2D eigenvalue weighted by Crippen LogP contribution is -2.16. The lowest BCUT2D eigenvalue weighted by molar-refractivity contribution is 0.0695. The summed E-state index contributed by atoms with van der Waals surface area (Å²) in [6.45, 7) is 2.09. The molecule has 0 aliphatic rings. The van der Waals surface area contributed by atoms with Crippen molar-refractivity contribution in [2.24, 2.45) is 5.73 Å². The Morgan fingerprint density at radius 1 is 1.50 bits per heavy atom. The van der Waals surface area contributed by atoms with Crippen LogP contribution in [0.1, 0.15) is 27.9 Å². The third kappa shape index (κ3) is 2.49. The van der Waals surface area contributed by atoms with Crippen LogP contribution in [0.15, 0.2) is 22.4 Å². The number of nitrogens with zero attached hydrogens (tertiary/aromatic N) is 1. The van der Waals surface area contributed by atoms with Crippen LogP contribution in [0.2, 0.25) is 0 Å². The summed E-state index contributed by atoms with van der Waals surface area (Å²) in [5.41, 5.74) is 6.19. The summed E-state index contributed by atoms with van der Waals surface area (Å²) in [6, 6.07) is 1.07. The number of hydrogen-bond acceptors (Lipinski definition) is 5. The van der Waals surface area contributed by atoms with Gasteiger partial charge in [-0.05, 0) is 18.1 Å². The monoisotopic (exact) mass is 347 g/mol. The van der Waals surface area contributed by atoms with Crippen molar-refractivity contribution in [1.29, 1.82) is 0 Å². The minimum atomic E-state index is -1.35. The molecule has 3 aromatic rings. The Hall–Kier alpha value is -2.58. The number of carboxylic acid groups (broad SMARTS) is 1. The second-order valence-corrected chi connectivity index (χ2v) is 6.10. The van der Waals surface area contributed by atoms with Crippen LogP contribution in [-0.4, -0.2) is 21.0 Å². The Balaban J connectivity index is 2.36. The minimum absolute atomic E-state index is 0.0160. The van der Waals surface area contributed by atoms with Crippen LogP contribution >= 0.6 is 11.3 Å². The van der Waals surface area contributed by atoms with E-state index in [1.54, 1.807) is 5.38 Å². The standard InChI is InChI=1S/C16H14FN3O3S/c1-2-7-13(11-6-24-12(4-18)20-11)10(17)3-8-14(7)19-5-9(15(8)21)16(22)23/h3,5-6H,2,4,18H2,1H3,(H,19,21)(H,22,23). The predicted molar refractivity (Wildman–Crippen MR) is 89.9 cm³/mol. The number of rotatable bonds is 4. The molecule has 0 saturated carbocycles. The van der Waals surface area contributed by atoms with Gasteiger partial charge in [0.1, 0.15) is 16.4 Å². The van der Waals surface area contributed by atoms with Crippen LogP contribution in [0, 0.1) is 5.82 Å². The normalized spacial score (nSPS) is 11.1. The van der Waals surface area contributed by atoms with Gasteiger partial charge in [-0.25, -0.2) is 14.2 Å². The SMILES string of the molecule is CCc1c(-c2csc(CN)n2)c(F)cc2c(=O)c(C(=O)O)c[nH]c12. The molecule has 4 N–H and O–H groups in total. The van der Waals surface area contributed by atoms with E-state index >= 15 is 0 Å². The summed E-state index contributed by atoms with van der Waals surface area (Å²) >= 11 is 1.33. The molecule has 1 aromatic carbocycles. The fourth-order valence-electron chi connectivity index (χ4n) is 2.71. The topological polar surface area (TPSA) is 109 Å². The predicted octanol–water partition coefficient (Wildman–Crippen LogP) is 2.51. The van der Waals surface area contributed by atoms with Gasteiger partial charge in [0.05, 0.1) is 11.2 Å². The number of carbonyl (C=O) groups is 1. The maximum atomic E-state index is 14.7. The van der Waals surface area contributed by atoms with Crippen molar-refractivity contribution in [2.75, 3.05) is 0 Å². The number of aromatic carboxylic acids is 1. The molecule has 0 saturated heterocycles. The molecule has 0 spiro atoms. The van der Waals surface area contributed by atoms with E-state index < -0.39 is 22.8 Å². The number of aromatic amines is 1. The lowest BCUT2D eigenvalue weighted by Gasteiger charge is -2.11. The van der Waals surface area contributed by atoms with Crippen molar-refractivity contribution in [3.63, 3.8) is 0 Å². The van der Waals surface area contributed by atoms with Crippen LogP contribution in [0.5, 0.6) is 0 Å². The molecule has 0 atom stereocenters. The van der Waals surface area contributed by atoms with Gasteiger partial charge in [-0.15, -0.1) is 11.3 Å². The zero-order chi connectivity index (χ0) is 17.4. The average Bonchev–Trinajstić information content (AvgIpc) is 3.02. The van der Waals surface area contributed by atoms with E-state index in [9.17, 15) is 14.0 Å². The van der Waals surface area contributed by atoms with Crippen molar-refractivity contribution >= 4 is 28.2 Å². The van der Waals surface area contributed by atoms with E-state index in [0.29, 0.717) is 33.8 Å². The highest BCUT2D eigenvalue weighted by Crippen LogP contribution is 2.32. The molecule has 2 aromatic heterocycles. The summed E-state index contributed by atoms with van der Waals surface area (Å²) in [6.07, 6.45) is 1.58. The number of H-pyrrole nitrogens is 1. The first-order chi connectivity index (χ1) is 11.5. The van der Waals surface area contributed by atoms with Gasteiger partial charge in [-0.2, -0.15) is 0 Å². The molecule has 124 valence electrons. The van der Waals surface area contributed by atoms with Gasteiger partial charge in [0.25, 0.3) is 0 Å². The van der Waals surface area contributed by atoms with E-state index in [1.165, 1.54) is 11.3 Å². The molecule has 2 heterocycles. The van der Waals surface area contributed by atoms with Gasteiger partial charge in [0.2, 0.25) is 5.43 Å². The number of halogens is 1. The number of thiazole rings is 1. The maximum Gasteiger partial charge on any atom is 0.341 e. The Bertz CT molecular complexity index is 1010. The quantitative estimate of drug-likeness (QED) is 0.672. The van der Waals surface area contributed by atoms with Gasteiger partial charge in [0, 0.05) is 29.1 Å². The number of hydrogen-bond donors (Lipinski definition) is 3. The van der Waals surface area contributed by atoms with Gasteiger partial charge in [0.15, 0.2) is 0 Å². The van der Waals surface area contributed by atoms with E-state index in [-0.39, 0.29) is 11.9 Å². The Morgan fingerprint density at radius 3 is 2.83 bits per heavy atom. The maximum absolute atomic E-state index is 14.7. The molecule has 0 fully saturated rings. The average molecular weight is 347 g/mol. The number of aromatic nitrogens is 2. The molecular formula is C16H14FN3O3S. The summed E-state index contributed by atoms with van der Waals surface area (Å²) in [5.74, 6) is -1.96. The number of benzene rings is 1. The van der Waals surface area contributed by atoms with Crippen molar-refractivity contribution in [1.82, 2.24) is 9.97 Å². The number of carboxylic acids is 1. The number of aryl methyl sites for hydroxylation is 1. The fourth-order valence-corrected chi connectivity index (χ4v) is 3.38. The Morgan fingerprint density at radius 2 is 2.25 bits per heavy atom. The molecule has 0 radical (unpaired) electrons. The molecule has 0 aliphatic heterocycles. The zero-order valence-corrected chi connectivity index (χ0v) is 13.5. The summed E-state index contributed by atoms with van der Waals surface area (Å²) in [5, 5.41) is 11.5. The van der Waals surface area contributed by atoms with E-state index in [4.69, 9.17) is 10.8 Å². The van der Waals surface area contributed by atoms with Gasteiger partial charge in [-0.1, -0.05) is 6.92 Å². The highest BCUT2D eigenvalue weighted by Gasteiger charge is 2.20.